The van der Waals surface area contributed by atoms with Gasteiger partial charge in [0.05, 0.1) is 11.4 Å². The first-order chi connectivity index (χ1) is 9.10. The third-order valence-electron chi connectivity index (χ3n) is 2.21. The Morgan fingerprint density at radius 1 is 1.42 bits per heavy atom. The van der Waals surface area contributed by atoms with E-state index in [1.54, 1.807) is 0 Å². The fourth-order valence-electron chi connectivity index (χ4n) is 1.19. The highest BCUT2D eigenvalue weighted by molar-refractivity contribution is 6.14. The second-order valence-corrected chi connectivity index (χ2v) is 3.54. The molecule has 0 heterocycles. The van der Waals surface area contributed by atoms with Gasteiger partial charge < -0.3 is 16.5 Å². The zero-order valence-corrected chi connectivity index (χ0v) is 12.9. The van der Waals surface area contributed by atoms with Crippen LogP contribution in [-0.2, 0) is 0 Å². The van der Waals surface area contributed by atoms with Crippen LogP contribution >= 0.6 is 0 Å². The van der Waals surface area contributed by atoms with Crippen molar-refractivity contribution in [3.63, 3.8) is 0 Å². The van der Waals surface area contributed by atoms with Crippen LogP contribution in [0.1, 0.15) is 41.0 Å². The van der Waals surface area contributed by atoms with Gasteiger partial charge in [0, 0.05) is 30.2 Å². The molecule has 0 aliphatic heterocycles. The van der Waals surface area contributed by atoms with Crippen molar-refractivity contribution in [2.45, 2.75) is 41.0 Å². The van der Waals surface area contributed by atoms with Crippen molar-refractivity contribution in [3.05, 3.63) is 35.8 Å². The van der Waals surface area contributed by atoms with Crippen molar-refractivity contribution in [2.24, 2.45) is 10.7 Å². The topological polar surface area (TPSA) is 74.3 Å². The molecule has 0 saturated carbocycles. The van der Waals surface area contributed by atoms with Gasteiger partial charge in [0.25, 0.3) is 0 Å². The molecule has 4 heteroatoms. The van der Waals surface area contributed by atoms with Gasteiger partial charge in [-0.05, 0) is 20.3 Å². The van der Waals surface area contributed by atoms with Gasteiger partial charge in [-0.25, -0.2) is 0 Å². The summed E-state index contributed by atoms with van der Waals surface area (Å²) in [6.45, 7) is 14.6. The summed E-state index contributed by atoms with van der Waals surface area (Å²) >= 11 is 0. The number of hydrogen-bond acceptors (Lipinski definition) is 4. The summed E-state index contributed by atoms with van der Waals surface area (Å²) in [5, 5.41) is 10.4. The minimum Gasteiger partial charge on any atom is -0.404 e. The SMILES string of the molecule is C=C(NCCC)C(=C/C)/N=C(C)/C(C=N)=C/N.CC. The molecule has 0 aliphatic carbocycles. The molecule has 0 bridgehead atoms. The van der Waals surface area contributed by atoms with Gasteiger partial charge in [-0.3, -0.25) is 4.99 Å². The quantitative estimate of drug-likeness (QED) is 0.487. The largest absolute Gasteiger partial charge is 0.404 e. The molecule has 0 fully saturated rings. The van der Waals surface area contributed by atoms with Gasteiger partial charge in [0.2, 0.25) is 0 Å². The van der Waals surface area contributed by atoms with Crippen LogP contribution in [0.15, 0.2) is 40.8 Å². The van der Waals surface area contributed by atoms with Crippen LogP contribution in [0.25, 0.3) is 0 Å². The highest BCUT2D eigenvalue weighted by Crippen LogP contribution is 2.09. The zero-order valence-electron chi connectivity index (χ0n) is 12.9. The molecule has 0 aromatic heterocycles. The molecule has 0 aliphatic rings. The Balaban J connectivity index is 0. The molecule has 0 aromatic carbocycles. The average molecular weight is 264 g/mol. The average Bonchev–Trinajstić information content (AvgIpc) is 2.45. The lowest BCUT2D eigenvalue weighted by Gasteiger charge is -2.10. The maximum absolute atomic E-state index is 7.20. The third-order valence-corrected chi connectivity index (χ3v) is 2.21. The van der Waals surface area contributed by atoms with E-state index >= 15 is 0 Å². The Labute approximate surface area is 117 Å². The molecule has 0 unspecified atom stereocenters. The van der Waals surface area contributed by atoms with E-state index < -0.39 is 0 Å². The summed E-state index contributed by atoms with van der Waals surface area (Å²) in [5.41, 5.74) is 8.28. The first kappa shape index (κ1) is 19.5. The summed E-state index contributed by atoms with van der Waals surface area (Å²) in [4.78, 5) is 4.41. The highest BCUT2D eigenvalue weighted by atomic mass is 14.9. The van der Waals surface area contributed by atoms with Crippen LogP contribution in [0.3, 0.4) is 0 Å². The molecule has 0 spiro atoms. The molecule has 108 valence electrons. The van der Waals surface area contributed by atoms with E-state index in [0.29, 0.717) is 11.3 Å². The minimum absolute atomic E-state index is 0.604. The van der Waals surface area contributed by atoms with Gasteiger partial charge >= 0.3 is 0 Å². The lowest BCUT2D eigenvalue weighted by molar-refractivity contribution is 0.775. The second kappa shape index (κ2) is 12.6. The number of hydrogen-bond donors (Lipinski definition) is 3. The van der Waals surface area contributed by atoms with Crippen LogP contribution < -0.4 is 11.1 Å². The monoisotopic (exact) mass is 264 g/mol. The molecule has 0 saturated heterocycles. The Hall–Kier alpha value is -1.84. The standard InChI is InChI=1S/C13H22N4.C2H6/c1-5-7-16-11(4)13(6-2)17-10(3)12(8-14)9-15;1-2/h6,8-9,14,16H,4-5,7,15H2,1-3H3;1-2H3/b12-9+,13-6-,14-8?,17-10+;. The maximum Gasteiger partial charge on any atom is 0.0815 e. The van der Waals surface area contributed by atoms with Crippen LogP contribution in [0.4, 0.5) is 0 Å². The van der Waals surface area contributed by atoms with E-state index in [0.717, 1.165) is 24.4 Å². The molecular weight excluding hydrogens is 236 g/mol. The molecule has 4 nitrogen and oxygen atoms in total. The van der Waals surface area contributed by atoms with Crippen molar-refractivity contribution in [3.8, 4) is 0 Å². The normalized spacial score (nSPS) is 12.4. The molecule has 0 radical (unpaired) electrons. The van der Waals surface area contributed by atoms with Crippen LogP contribution in [0.5, 0.6) is 0 Å². The van der Waals surface area contributed by atoms with Crippen molar-refractivity contribution in [1.82, 2.24) is 5.32 Å². The molecule has 0 rings (SSSR count). The molecule has 0 aromatic rings. The third kappa shape index (κ3) is 7.97. The van der Waals surface area contributed by atoms with Crippen molar-refractivity contribution in [1.29, 1.82) is 5.41 Å². The Bertz CT molecular complexity index is 362. The van der Waals surface area contributed by atoms with E-state index in [1.165, 1.54) is 12.4 Å². The number of rotatable bonds is 7. The van der Waals surface area contributed by atoms with E-state index in [-0.39, 0.29) is 0 Å². The summed E-state index contributed by atoms with van der Waals surface area (Å²) in [6.07, 6.45) is 5.48. The van der Waals surface area contributed by atoms with Crippen LogP contribution in [0.2, 0.25) is 0 Å². The van der Waals surface area contributed by atoms with Crippen LogP contribution in [0, 0.1) is 5.41 Å². The van der Waals surface area contributed by atoms with Gasteiger partial charge in [0.15, 0.2) is 0 Å². The maximum atomic E-state index is 7.20. The van der Waals surface area contributed by atoms with Gasteiger partial charge in [-0.2, -0.15) is 0 Å². The summed E-state index contributed by atoms with van der Waals surface area (Å²) in [6, 6.07) is 0. The summed E-state index contributed by atoms with van der Waals surface area (Å²) in [5.74, 6) is 0. The predicted octanol–water partition coefficient (Wildman–Crippen LogP) is 3.38. The van der Waals surface area contributed by atoms with Gasteiger partial charge in [-0.1, -0.05) is 33.4 Å². The smallest absolute Gasteiger partial charge is 0.0815 e. The van der Waals surface area contributed by atoms with E-state index in [4.69, 9.17) is 11.1 Å². The van der Waals surface area contributed by atoms with Gasteiger partial charge in [-0.15, -0.1) is 0 Å². The Kier molecular flexibility index (Phi) is 12.9. The first-order valence-corrected chi connectivity index (χ1v) is 6.68. The van der Waals surface area contributed by atoms with Crippen molar-refractivity contribution in [2.75, 3.05) is 6.54 Å². The number of allylic oxidation sites excluding steroid dienone is 2. The predicted molar refractivity (Wildman–Crippen MR) is 86.7 cm³/mol. The zero-order chi connectivity index (χ0) is 15.3. The molecule has 19 heavy (non-hydrogen) atoms. The fourth-order valence-corrected chi connectivity index (χ4v) is 1.19. The molecule has 0 amide bonds. The Morgan fingerprint density at radius 3 is 2.37 bits per heavy atom. The number of nitrogens with two attached hydrogens (primary N) is 1. The van der Waals surface area contributed by atoms with Crippen molar-refractivity contribution >= 4 is 11.9 Å². The minimum atomic E-state index is 0.604. The number of nitrogens with zero attached hydrogens (tertiary/aromatic N) is 1. The number of nitrogens with one attached hydrogen (secondary N) is 2. The molecule has 0 atom stereocenters. The highest BCUT2D eigenvalue weighted by Gasteiger charge is 2.02. The fraction of sp³-hybridized carbons (Fsp3) is 0.467. The van der Waals surface area contributed by atoms with E-state index in [2.05, 4.69) is 23.8 Å². The first-order valence-electron chi connectivity index (χ1n) is 6.68. The van der Waals surface area contributed by atoms with E-state index in [1.807, 2.05) is 33.8 Å². The molecule has 4 N–H and O–H groups in total. The van der Waals surface area contributed by atoms with Crippen LogP contribution in [-0.4, -0.2) is 18.5 Å². The lowest BCUT2D eigenvalue weighted by atomic mass is 10.2. The van der Waals surface area contributed by atoms with Crippen molar-refractivity contribution < 1.29 is 0 Å². The van der Waals surface area contributed by atoms with E-state index in [9.17, 15) is 0 Å². The van der Waals surface area contributed by atoms with Gasteiger partial charge in [0.1, 0.15) is 0 Å². The summed E-state index contributed by atoms with van der Waals surface area (Å²) < 4.78 is 0. The second-order valence-electron chi connectivity index (χ2n) is 3.54. The Morgan fingerprint density at radius 2 is 2.00 bits per heavy atom. The summed E-state index contributed by atoms with van der Waals surface area (Å²) in [7, 11) is 0. The number of aliphatic imine (C=N–C) groups is 1. The molecular formula is C15H28N4. The lowest BCUT2D eigenvalue weighted by Crippen LogP contribution is -2.15.